The van der Waals surface area contributed by atoms with Crippen LogP contribution in [-0.4, -0.2) is 23.3 Å². The molecule has 0 aliphatic heterocycles. The minimum Gasteiger partial charge on any atom is -0.378 e. The number of ether oxygens (including phenoxy) is 1. The Morgan fingerprint density at radius 1 is 0.710 bits per heavy atom. The summed E-state index contributed by atoms with van der Waals surface area (Å²) in [6, 6.07) is 0. The van der Waals surface area contributed by atoms with Crippen LogP contribution >= 0.6 is 23.2 Å². The first-order valence-electron chi connectivity index (χ1n) is 13.5. The molecule has 0 spiro atoms. The summed E-state index contributed by atoms with van der Waals surface area (Å²) in [4.78, 5) is 10.3. The highest BCUT2D eigenvalue weighted by Gasteiger charge is 2.39. The number of unbranched alkanes of at least 4 members (excludes halogenated alkanes) is 13. The standard InChI is InChI=1S/C27H48Cl2O2/c28-27(29,19-13-9-10-14-20-30)18-12-8-6-4-2-1-3-5-7-11-15-21-31-26-23-24-16-17-25(26)22-24/h20,24-26H,1-19,21-23H2. The number of rotatable bonds is 21. The Morgan fingerprint density at radius 3 is 1.77 bits per heavy atom. The average molecular weight is 476 g/mol. The summed E-state index contributed by atoms with van der Waals surface area (Å²) in [5.41, 5.74) is 0. The van der Waals surface area contributed by atoms with Gasteiger partial charge in [-0.25, -0.2) is 0 Å². The summed E-state index contributed by atoms with van der Waals surface area (Å²) < 4.78 is 5.59. The SMILES string of the molecule is O=CCCCCCC(Cl)(Cl)CCCCCCCCCCCCCOC1CC2CCC1C2. The van der Waals surface area contributed by atoms with Gasteiger partial charge in [0, 0.05) is 13.0 Å². The van der Waals surface area contributed by atoms with Gasteiger partial charge >= 0.3 is 0 Å². The van der Waals surface area contributed by atoms with Crippen molar-refractivity contribution >= 4 is 29.5 Å². The lowest BCUT2D eigenvalue weighted by molar-refractivity contribution is -0.107. The van der Waals surface area contributed by atoms with Crippen molar-refractivity contribution in [3.63, 3.8) is 0 Å². The Hall–Kier alpha value is 0.210. The van der Waals surface area contributed by atoms with E-state index in [4.69, 9.17) is 27.9 Å². The highest BCUT2D eigenvalue weighted by atomic mass is 35.5. The van der Waals surface area contributed by atoms with Crippen molar-refractivity contribution in [2.24, 2.45) is 11.8 Å². The molecule has 2 bridgehead atoms. The molecule has 2 aliphatic carbocycles. The van der Waals surface area contributed by atoms with Crippen LogP contribution in [0.3, 0.4) is 0 Å². The molecule has 0 radical (unpaired) electrons. The summed E-state index contributed by atoms with van der Waals surface area (Å²) in [6.07, 6.45) is 27.3. The number of alkyl halides is 2. The third kappa shape index (κ3) is 12.9. The molecule has 3 unspecified atom stereocenters. The fourth-order valence-electron chi connectivity index (χ4n) is 5.61. The molecule has 2 aliphatic rings. The molecular formula is C27H48Cl2O2. The molecule has 0 aromatic rings. The highest BCUT2D eigenvalue weighted by molar-refractivity contribution is 6.48. The van der Waals surface area contributed by atoms with Gasteiger partial charge in [0.15, 0.2) is 0 Å². The number of aldehydes is 1. The van der Waals surface area contributed by atoms with Crippen molar-refractivity contribution in [2.75, 3.05) is 6.61 Å². The second-order valence-electron chi connectivity index (χ2n) is 10.3. The van der Waals surface area contributed by atoms with Crippen LogP contribution in [0.15, 0.2) is 0 Å². The number of hydrogen-bond acceptors (Lipinski definition) is 2. The van der Waals surface area contributed by atoms with Crippen molar-refractivity contribution in [2.45, 2.75) is 145 Å². The minimum atomic E-state index is -0.567. The Balaban J connectivity index is 1.26. The van der Waals surface area contributed by atoms with Crippen molar-refractivity contribution in [3.8, 4) is 0 Å². The van der Waals surface area contributed by atoms with E-state index in [2.05, 4.69) is 0 Å². The van der Waals surface area contributed by atoms with Gasteiger partial charge in [-0.3, -0.25) is 0 Å². The molecule has 0 amide bonds. The van der Waals surface area contributed by atoms with E-state index in [0.29, 0.717) is 12.5 Å². The van der Waals surface area contributed by atoms with Gasteiger partial charge in [0.25, 0.3) is 0 Å². The molecule has 2 saturated carbocycles. The van der Waals surface area contributed by atoms with E-state index in [1.807, 2.05) is 0 Å². The maximum atomic E-state index is 10.3. The first-order chi connectivity index (χ1) is 15.1. The van der Waals surface area contributed by atoms with Crippen LogP contribution in [0.4, 0.5) is 0 Å². The quantitative estimate of drug-likeness (QED) is 0.0939. The van der Waals surface area contributed by atoms with Gasteiger partial charge in [-0.15, -0.1) is 23.2 Å². The molecule has 0 saturated heterocycles. The predicted octanol–water partition coefficient (Wildman–Crippen LogP) is 9.20. The topological polar surface area (TPSA) is 26.3 Å². The fourth-order valence-corrected chi connectivity index (χ4v) is 6.15. The molecule has 0 N–H and O–H groups in total. The highest BCUT2D eigenvalue weighted by Crippen LogP contribution is 2.45. The molecule has 2 rings (SSSR count). The largest absolute Gasteiger partial charge is 0.378 e. The molecule has 0 heterocycles. The van der Waals surface area contributed by atoms with Crippen LogP contribution in [0.5, 0.6) is 0 Å². The van der Waals surface area contributed by atoms with E-state index >= 15 is 0 Å². The van der Waals surface area contributed by atoms with Crippen molar-refractivity contribution in [1.82, 2.24) is 0 Å². The molecule has 182 valence electrons. The number of hydrogen-bond donors (Lipinski definition) is 0. The molecule has 31 heavy (non-hydrogen) atoms. The molecule has 2 fully saturated rings. The van der Waals surface area contributed by atoms with Gasteiger partial charge in [-0.05, 0) is 63.2 Å². The molecule has 2 nitrogen and oxygen atoms in total. The number of carbonyl (C=O) groups excluding carboxylic acids is 1. The Bertz CT molecular complexity index is 455. The zero-order valence-electron chi connectivity index (χ0n) is 19.9. The molecule has 0 aromatic carbocycles. The molecule has 3 atom stereocenters. The van der Waals surface area contributed by atoms with Crippen LogP contribution in [0.25, 0.3) is 0 Å². The fraction of sp³-hybridized carbons (Fsp3) is 0.963. The Labute approximate surface area is 202 Å². The summed E-state index contributed by atoms with van der Waals surface area (Å²) in [6.45, 7) is 1.000. The van der Waals surface area contributed by atoms with E-state index in [1.165, 1.54) is 89.9 Å². The third-order valence-electron chi connectivity index (χ3n) is 7.56. The average Bonchev–Trinajstić information content (AvgIpc) is 3.37. The van der Waals surface area contributed by atoms with Gasteiger partial charge in [0.05, 0.1) is 6.10 Å². The summed E-state index contributed by atoms with van der Waals surface area (Å²) >= 11 is 12.9. The van der Waals surface area contributed by atoms with Gasteiger partial charge in [0.1, 0.15) is 10.6 Å². The first kappa shape index (κ1) is 27.5. The maximum Gasteiger partial charge on any atom is 0.119 e. The number of halogens is 2. The van der Waals surface area contributed by atoms with Crippen LogP contribution < -0.4 is 0 Å². The number of carbonyl (C=O) groups is 1. The molecule has 0 aromatic heterocycles. The maximum absolute atomic E-state index is 10.3. The van der Waals surface area contributed by atoms with Gasteiger partial charge in [-0.1, -0.05) is 77.0 Å². The second-order valence-corrected chi connectivity index (χ2v) is 12.0. The predicted molar refractivity (Wildman–Crippen MR) is 134 cm³/mol. The van der Waals surface area contributed by atoms with Crippen molar-refractivity contribution in [1.29, 1.82) is 0 Å². The smallest absolute Gasteiger partial charge is 0.119 e. The molecule has 4 heteroatoms. The van der Waals surface area contributed by atoms with Gasteiger partial charge in [-0.2, -0.15) is 0 Å². The summed E-state index contributed by atoms with van der Waals surface area (Å²) in [7, 11) is 0. The van der Waals surface area contributed by atoms with Gasteiger partial charge < -0.3 is 9.53 Å². The zero-order valence-corrected chi connectivity index (χ0v) is 21.5. The van der Waals surface area contributed by atoms with Crippen LogP contribution in [0, 0.1) is 11.8 Å². The van der Waals surface area contributed by atoms with Crippen molar-refractivity contribution in [3.05, 3.63) is 0 Å². The second kappa shape index (κ2) is 16.8. The van der Waals surface area contributed by atoms with E-state index in [9.17, 15) is 4.79 Å². The monoisotopic (exact) mass is 474 g/mol. The minimum absolute atomic E-state index is 0.567. The lowest BCUT2D eigenvalue weighted by atomic mass is 9.98. The zero-order chi connectivity index (χ0) is 22.2. The summed E-state index contributed by atoms with van der Waals surface area (Å²) in [5.74, 6) is 1.90. The lowest BCUT2D eigenvalue weighted by Crippen LogP contribution is -2.20. The van der Waals surface area contributed by atoms with Crippen LogP contribution in [0.2, 0.25) is 0 Å². The van der Waals surface area contributed by atoms with E-state index < -0.39 is 4.33 Å². The van der Waals surface area contributed by atoms with E-state index in [0.717, 1.165) is 63.3 Å². The normalized spacial score (nSPS) is 23.0. The van der Waals surface area contributed by atoms with Crippen molar-refractivity contribution < 1.29 is 9.53 Å². The molecular weight excluding hydrogens is 427 g/mol. The number of fused-ring (bicyclic) bond motifs is 2. The first-order valence-corrected chi connectivity index (χ1v) is 14.3. The lowest BCUT2D eigenvalue weighted by Gasteiger charge is -2.22. The summed E-state index contributed by atoms with van der Waals surface area (Å²) in [5, 5.41) is 0. The van der Waals surface area contributed by atoms with E-state index in [-0.39, 0.29) is 0 Å². The van der Waals surface area contributed by atoms with Crippen LogP contribution in [-0.2, 0) is 9.53 Å². The van der Waals surface area contributed by atoms with Crippen LogP contribution in [0.1, 0.15) is 135 Å². The van der Waals surface area contributed by atoms with Gasteiger partial charge in [0.2, 0.25) is 0 Å². The van der Waals surface area contributed by atoms with E-state index in [1.54, 1.807) is 0 Å². The Kier molecular flexibility index (Phi) is 14.8. The Morgan fingerprint density at radius 2 is 1.26 bits per heavy atom. The third-order valence-corrected chi connectivity index (χ3v) is 8.31.